The summed E-state index contributed by atoms with van der Waals surface area (Å²) in [4.78, 5) is 18.6. The van der Waals surface area contributed by atoms with E-state index in [0.717, 1.165) is 33.9 Å². The predicted octanol–water partition coefficient (Wildman–Crippen LogP) is 6.30. The molecule has 5 rings (SSSR count). The maximum Gasteiger partial charge on any atom is 0.250 e. The van der Waals surface area contributed by atoms with Crippen molar-refractivity contribution >= 4 is 39.2 Å². The van der Waals surface area contributed by atoms with Crippen LogP contribution in [0.4, 0.5) is 5.13 Å². The number of aromatic nitrogens is 5. The van der Waals surface area contributed by atoms with E-state index in [9.17, 15) is 0 Å². The smallest absolute Gasteiger partial charge is 0.250 e. The molecule has 0 aliphatic rings. The van der Waals surface area contributed by atoms with E-state index >= 15 is 0 Å². The van der Waals surface area contributed by atoms with Crippen LogP contribution in [-0.4, -0.2) is 24.5 Å². The lowest BCUT2D eigenvalue weighted by Gasteiger charge is -2.08. The Morgan fingerprint density at radius 1 is 1.06 bits per heavy atom. The summed E-state index contributed by atoms with van der Waals surface area (Å²) in [5.41, 5.74) is 10.0. The second-order valence-corrected chi connectivity index (χ2v) is 9.42. The Morgan fingerprint density at radius 3 is 2.61 bits per heavy atom. The molecule has 0 amide bonds. The second-order valence-electron chi connectivity index (χ2n) is 7.98. The minimum absolute atomic E-state index is 0.425. The molecular formula is C24H21ClN6OS. The molecule has 3 aromatic heterocycles. The van der Waals surface area contributed by atoms with E-state index in [1.807, 2.05) is 53.1 Å². The maximum atomic E-state index is 6.40. The van der Waals surface area contributed by atoms with E-state index < -0.39 is 0 Å². The molecule has 0 saturated heterocycles. The molecule has 2 aromatic carbocycles. The van der Waals surface area contributed by atoms with Crippen LogP contribution in [0.1, 0.15) is 13.8 Å². The normalized spacial score (nSPS) is 11.4. The van der Waals surface area contributed by atoms with Crippen molar-refractivity contribution < 1.29 is 4.74 Å². The third-order valence-electron chi connectivity index (χ3n) is 5.03. The molecule has 0 aliphatic carbocycles. The molecule has 3 heterocycles. The molecule has 0 unspecified atom stereocenters. The molecule has 33 heavy (non-hydrogen) atoms. The van der Waals surface area contributed by atoms with Gasteiger partial charge in [-0.1, -0.05) is 55.0 Å². The summed E-state index contributed by atoms with van der Waals surface area (Å²) >= 11 is 7.83. The number of nitrogen functional groups attached to an aromatic ring is 1. The first-order valence-electron chi connectivity index (χ1n) is 10.4. The molecule has 7 nitrogen and oxygen atoms in total. The Hall–Kier alpha value is -3.49. The second kappa shape index (κ2) is 8.80. The number of imidazole rings is 1. The number of benzene rings is 2. The van der Waals surface area contributed by atoms with Crippen molar-refractivity contribution in [2.45, 2.75) is 20.4 Å². The van der Waals surface area contributed by atoms with Gasteiger partial charge in [0.1, 0.15) is 12.1 Å². The first kappa shape index (κ1) is 21.4. The largest absolute Gasteiger partial charge is 0.437 e. The molecule has 0 saturated carbocycles. The highest BCUT2D eigenvalue weighted by atomic mass is 35.5. The lowest BCUT2D eigenvalue weighted by molar-refractivity contribution is 0.467. The minimum Gasteiger partial charge on any atom is -0.437 e. The van der Waals surface area contributed by atoms with Crippen molar-refractivity contribution in [1.82, 2.24) is 24.5 Å². The number of ether oxygens (including phenoxy) is 1. The van der Waals surface area contributed by atoms with Crippen LogP contribution in [0, 0.1) is 5.92 Å². The summed E-state index contributed by atoms with van der Waals surface area (Å²) in [6, 6.07) is 15.3. The zero-order valence-corrected chi connectivity index (χ0v) is 19.6. The number of nitrogens with zero attached hydrogens (tertiary/aromatic N) is 5. The van der Waals surface area contributed by atoms with E-state index in [2.05, 4.69) is 33.8 Å². The number of rotatable bonds is 6. The van der Waals surface area contributed by atoms with E-state index in [1.54, 1.807) is 6.33 Å². The Morgan fingerprint density at radius 2 is 1.85 bits per heavy atom. The number of nitrogens with two attached hydrogens (primary N) is 1. The number of halogens is 1. The van der Waals surface area contributed by atoms with E-state index in [-0.39, 0.29) is 0 Å². The van der Waals surface area contributed by atoms with Gasteiger partial charge in [0.05, 0.1) is 21.9 Å². The fourth-order valence-electron chi connectivity index (χ4n) is 3.61. The van der Waals surface area contributed by atoms with Crippen LogP contribution in [0.3, 0.4) is 0 Å². The van der Waals surface area contributed by atoms with E-state index in [4.69, 9.17) is 22.1 Å². The summed E-state index contributed by atoms with van der Waals surface area (Å²) in [5, 5.41) is 1.12. The molecular weight excluding hydrogens is 456 g/mol. The highest BCUT2D eigenvalue weighted by Gasteiger charge is 2.17. The zero-order valence-electron chi connectivity index (χ0n) is 18.1. The number of anilines is 1. The number of fused-ring (bicyclic) bond motifs is 1. The van der Waals surface area contributed by atoms with Crippen LogP contribution in [0.2, 0.25) is 5.02 Å². The zero-order chi connectivity index (χ0) is 22.9. The molecule has 9 heteroatoms. The molecule has 0 aliphatic heterocycles. The average molecular weight is 477 g/mol. The third-order valence-corrected chi connectivity index (χ3v) is 6.30. The van der Waals surface area contributed by atoms with Crippen molar-refractivity contribution in [3.8, 4) is 33.3 Å². The molecule has 166 valence electrons. The first-order valence-corrected chi connectivity index (χ1v) is 11.6. The Kier molecular flexibility index (Phi) is 5.70. The molecule has 0 radical (unpaired) electrons. The van der Waals surface area contributed by atoms with Crippen LogP contribution in [0.25, 0.3) is 32.9 Å². The monoisotopic (exact) mass is 476 g/mol. The van der Waals surface area contributed by atoms with Gasteiger partial charge in [0, 0.05) is 12.1 Å². The number of hydrogen-bond donors (Lipinski definition) is 1. The van der Waals surface area contributed by atoms with Crippen LogP contribution in [-0.2, 0) is 6.54 Å². The molecule has 0 fully saturated rings. The predicted molar refractivity (Wildman–Crippen MR) is 133 cm³/mol. The van der Waals surface area contributed by atoms with Gasteiger partial charge in [0.25, 0.3) is 5.88 Å². The minimum atomic E-state index is 0.425. The quantitative estimate of drug-likeness (QED) is 0.309. The lowest BCUT2D eigenvalue weighted by atomic mass is 10.1. The van der Waals surface area contributed by atoms with Crippen molar-refractivity contribution in [1.29, 1.82) is 0 Å². The van der Waals surface area contributed by atoms with Gasteiger partial charge in [-0.15, -0.1) is 0 Å². The summed E-state index contributed by atoms with van der Waals surface area (Å²) in [6.07, 6.45) is 3.28. The van der Waals surface area contributed by atoms with Crippen LogP contribution in [0.15, 0.2) is 61.2 Å². The molecule has 2 N–H and O–H groups in total. The first-order chi connectivity index (χ1) is 16.0. The molecule has 0 spiro atoms. The van der Waals surface area contributed by atoms with Crippen molar-refractivity contribution in [2.75, 3.05) is 5.73 Å². The fourth-order valence-corrected chi connectivity index (χ4v) is 4.69. The summed E-state index contributed by atoms with van der Waals surface area (Å²) in [7, 11) is 0. The van der Waals surface area contributed by atoms with Gasteiger partial charge < -0.3 is 15.0 Å². The summed E-state index contributed by atoms with van der Waals surface area (Å²) < 4.78 is 8.07. The maximum absolute atomic E-state index is 6.40. The number of thiazole rings is 1. The highest BCUT2D eigenvalue weighted by molar-refractivity contribution is 7.19. The Bertz CT molecular complexity index is 1430. The molecule has 5 aromatic rings. The van der Waals surface area contributed by atoms with E-state index in [1.165, 1.54) is 17.7 Å². The van der Waals surface area contributed by atoms with Crippen molar-refractivity contribution in [2.24, 2.45) is 5.92 Å². The van der Waals surface area contributed by atoms with Gasteiger partial charge >= 0.3 is 0 Å². The van der Waals surface area contributed by atoms with Crippen LogP contribution in [0.5, 0.6) is 11.6 Å². The highest BCUT2D eigenvalue weighted by Crippen LogP contribution is 2.41. The molecule has 0 atom stereocenters. The third kappa shape index (κ3) is 4.27. The van der Waals surface area contributed by atoms with Gasteiger partial charge in [-0.3, -0.25) is 0 Å². The van der Waals surface area contributed by atoms with Gasteiger partial charge in [-0.05, 0) is 41.8 Å². The van der Waals surface area contributed by atoms with Crippen LogP contribution >= 0.6 is 22.9 Å². The fraction of sp³-hybridized carbons (Fsp3) is 0.167. The van der Waals surface area contributed by atoms with Gasteiger partial charge in [-0.2, -0.15) is 4.98 Å². The Balaban J connectivity index is 1.44. The summed E-state index contributed by atoms with van der Waals surface area (Å²) in [6.45, 7) is 5.13. The van der Waals surface area contributed by atoms with Gasteiger partial charge in [0.2, 0.25) is 0 Å². The van der Waals surface area contributed by atoms with E-state index in [0.29, 0.717) is 33.2 Å². The van der Waals surface area contributed by atoms with Crippen LogP contribution < -0.4 is 10.5 Å². The van der Waals surface area contributed by atoms with Gasteiger partial charge in [-0.25, -0.2) is 15.0 Å². The molecule has 0 bridgehead atoms. The lowest BCUT2D eigenvalue weighted by Crippen LogP contribution is -2.03. The number of hydrogen-bond acceptors (Lipinski definition) is 7. The van der Waals surface area contributed by atoms with Gasteiger partial charge in [0.15, 0.2) is 16.3 Å². The topological polar surface area (TPSA) is 91.7 Å². The standard InChI is InChI=1S/C24H21ClN6OS/c1-14(2)11-31-13-29-20-22(31)27-12-28-23(20)32-16-9-7-15(8-10-16)21-19(30-24(26)33-21)17-5-3-4-6-18(17)25/h3-10,12-14H,11H2,1-2H3,(H2,26,30). The van der Waals surface area contributed by atoms with Crippen molar-refractivity contribution in [3.63, 3.8) is 0 Å². The SMILES string of the molecule is CC(C)Cn1cnc2c(Oc3ccc(-c4sc(N)nc4-c4ccccc4Cl)cc3)ncnc21. The average Bonchev–Trinajstić information content (AvgIpc) is 3.38. The summed E-state index contributed by atoms with van der Waals surface area (Å²) in [5.74, 6) is 1.55. The van der Waals surface area contributed by atoms with Crippen molar-refractivity contribution in [3.05, 3.63) is 66.2 Å². The Labute approximate surface area is 199 Å².